The van der Waals surface area contributed by atoms with Crippen molar-refractivity contribution < 1.29 is 26.7 Å². The summed E-state index contributed by atoms with van der Waals surface area (Å²) in [4.78, 5) is 3.65. The first-order valence-electron chi connectivity index (χ1n) is 4.11. The van der Waals surface area contributed by atoms with Gasteiger partial charge in [0.1, 0.15) is 0 Å². The van der Waals surface area contributed by atoms with Crippen LogP contribution in [0.25, 0.3) is 0 Å². The summed E-state index contributed by atoms with van der Waals surface area (Å²) in [6.45, 7) is 2.07. The van der Waals surface area contributed by atoms with E-state index in [1.807, 2.05) is 0 Å². The highest BCUT2D eigenvalue weighted by Gasteiger charge is 2.20. The van der Waals surface area contributed by atoms with Crippen molar-refractivity contribution in [2.45, 2.75) is 6.92 Å². The van der Waals surface area contributed by atoms with Crippen molar-refractivity contribution in [2.24, 2.45) is 0 Å². The van der Waals surface area contributed by atoms with Gasteiger partial charge in [-0.2, -0.15) is 8.42 Å². The molecule has 1 aromatic rings. The maximum atomic E-state index is 10.5. The van der Waals surface area contributed by atoms with E-state index in [9.17, 15) is 8.42 Å². The van der Waals surface area contributed by atoms with Gasteiger partial charge in [0.25, 0.3) is 5.88 Å². The Morgan fingerprint density at radius 3 is 2.62 bits per heavy atom. The van der Waals surface area contributed by atoms with Gasteiger partial charge in [-0.3, -0.25) is 4.55 Å². The minimum atomic E-state index is -4.73. The van der Waals surface area contributed by atoms with Crippen molar-refractivity contribution in [3.8, 4) is 5.88 Å². The van der Waals surface area contributed by atoms with Gasteiger partial charge in [0.2, 0.25) is 5.82 Å². The molecule has 0 radical (unpaired) electrons. The van der Waals surface area contributed by atoms with Crippen LogP contribution < -0.4 is 25.2 Å². The Bertz CT molecular complexity index is 465. The Morgan fingerprint density at radius 2 is 2.19 bits per heavy atom. The number of nitrogens with zero attached hydrogens (tertiary/aromatic N) is 2. The predicted molar refractivity (Wildman–Crippen MR) is 52.6 cm³/mol. The van der Waals surface area contributed by atoms with Gasteiger partial charge in [-0.1, -0.05) is 4.98 Å². The largest absolute Gasteiger partial charge is 0.474 e. The summed E-state index contributed by atoms with van der Waals surface area (Å²) < 4.78 is 38.9. The summed E-state index contributed by atoms with van der Waals surface area (Å²) >= 11 is 0. The second kappa shape index (κ2) is 4.37. The number of hydrogen-bond donors (Lipinski definition) is 3. The van der Waals surface area contributed by atoms with Crippen molar-refractivity contribution in [1.29, 1.82) is 0 Å². The van der Waals surface area contributed by atoms with E-state index in [1.165, 1.54) is 6.07 Å². The molecular formula is C6H11N4O5S+. The fourth-order valence-corrected chi connectivity index (χ4v) is 1.26. The second-order valence-corrected chi connectivity index (χ2v) is 3.61. The molecule has 0 spiro atoms. The molecule has 0 bridgehead atoms. The summed E-state index contributed by atoms with van der Waals surface area (Å²) in [6.07, 6.45) is 0. The maximum Gasteiger partial charge on any atom is 0.474 e. The quantitative estimate of drug-likeness (QED) is 0.418. The van der Waals surface area contributed by atoms with E-state index >= 15 is 0 Å². The lowest BCUT2D eigenvalue weighted by molar-refractivity contribution is -0.835. The molecule has 16 heavy (non-hydrogen) atoms. The van der Waals surface area contributed by atoms with Crippen molar-refractivity contribution >= 4 is 22.2 Å². The molecule has 90 valence electrons. The summed E-state index contributed by atoms with van der Waals surface area (Å²) in [5.74, 6) is -0.442. The van der Waals surface area contributed by atoms with E-state index in [-0.39, 0.29) is 17.6 Å². The molecule has 1 rings (SSSR count). The molecule has 10 heteroatoms. The first-order valence-corrected chi connectivity index (χ1v) is 5.48. The van der Waals surface area contributed by atoms with E-state index in [0.717, 1.165) is 0 Å². The average molecular weight is 251 g/mol. The molecule has 0 amide bonds. The van der Waals surface area contributed by atoms with E-state index in [1.54, 1.807) is 6.92 Å². The molecule has 1 aromatic heterocycles. The monoisotopic (exact) mass is 251 g/mol. The van der Waals surface area contributed by atoms with Crippen LogP contribution in [0.1, 0.15) is 6.92 Å². The Morgan fingerprint density at radius 1 is 1.56 bits per heavy atom. The summed E-state index contributed by atoms with van der Waals surface area (Å²) in [5.41, 5.74) is 10.8. The van der Waals surface area contributed by atoms with Gasteiger partial charge < -0.3 is 16.2 Å². The van der Waals surface area contributed by atoms with Gasteiger partial charge in [0, 0.05) is 0 Å². The molecule has 0 saturated heterocycles. The Kier molecular flexibility index (Phi) is 3.34. The Hall–Kier alpha value is -1.81. The molecule has 0 aliphatic heterocycles. The SMILES string of the molecule is CCOc1cc(N)[n+](OS(=O)(=O)O)c(N)n1. The second-order valence-electron chi connectivity index (χ2n) is 2.61. The molecule has 0 aliphatic carbocycles. The fraction of sp³-hybridized carbons (Fsp3) is 0.333. The number of nitrogen functional groups attached to an aromatic ring is 2. The lowest BCUT2D eigenvalue weighted by atomic mass is 10.5. The van der Waals surface area contributed by atoms with E-state index in [4.69, 9.17) is 20.8 Å². The molecule has 0 aromatic carbocycles. The van der Waals surface area contributed by atoms with Crippen LogP contribution in [0.3, 0.4) is 0 Å². The fourth-order valence-electron chi connectivity index (χ4n) is 0.905. The molecular weight excluding hydrogens is 240 g/mol. The average Bonchev–Trinajstić information content (AvgIpc) is 2.10. The standard InChI is InChI=1S/C6H10N4O5S/c1-2-14-5-3-4(7)10(6(8)9-5)15-16(11,12)13/h3H,2H2,1H3,(H4,7,8,9,11,12,13)/p+1. The minimum absolute atomic E-state index is 0.118. The number of anilines is 2. The van der Waals surface area contributed by atoms with Crippen molar-refractivity contribution in [3.63, 3.8) is 0 Å². The molecule has 5 N–H and O–H groups in total. The van der Waals surface area contributed by atoms with Gasteiger partial charge in [-0.15, -0.1) is 0 Å². The first kappa shape index (κ1) is 12.3. The highest BCUT2D eigenvalue weighted by Crippen LogP contribution is 2.09. The molecule has 0 unspecified atom stereocenters. The molecule has 0 saturated carbocycles. The molecule has 0 aliphatic rings. The number of aromatic nitrogens is 2. The normalized spacial score (nSPS) is 11.1. The van der Waals surface area contributed by atoms with Crippen LogP contribution >= 0.6 is 0 Å². The van der Waals surface area contributed by atoms with E-state index in [0.29, 0.717) is 11.3 Å². The summed E-state index contributed by atoms with van der Waals surface area (Å²) in [5, 5.41) is 0. The Balaban J connectivity index is 3.12. The number of rotatable bonds is 4. The minimum Gasteiger partial charge on any atom is -0.469 e. The van der Waals surface area contributed by atoms with E-state index in [2.05, 4.69) is 9.27 Å². The first-order chi connectivity index (χ1) is 7.33. The maximum absolute atomic E-state index is 10.5. The lowest BCUT2D eigenvalue weighted by Gasteiger charge is -2.05. The van der Waals surface area contributed by atoms with E-state index < -0.39 is 10.4 Å². The number of ether oxygens (including phenoxy) is 1. The highest BCUT2D eigenvalue weighted by molar-refractivity contribution is 7.80. The van der Waals surface area contributed by atoms with Crippen LogP contribution in [-0.2, 0) is 10.4 Å². The topological polar surface area (TPSA) is 142 Å². The third-order valence-electron chi connectivity index (χ3n) is 1.40. The third-order valence-corrected chi connectivity index (χ3v) is 1.74. The van der Waals surface area contributed by atoms with Gasteiger partial charge in [-0.25, -0.2) is 4.28 Å². The zero-order chi connectivity index (χ0) is 12.3. The zero-order valence-corrected chi connectivity index (χ0v) is 9.14. The molecule has 9 nitrogen and oxygen atoms in total. The van der Waals surface area contributed by atoms with Crippen LogP contribution in [0.5, 0.6) is 5.88 Å². The van der Waals surface area contributed by atoms with Crippen molar-refractivity contribution in [3.05, 3.63) is 6.07 Å². The molecule has 0 atom stereocenters. The summed E-state index contributed by atoms with van der Waals surface area (Å²) in [7, 11) is -4.73. The molecule has 0 fully saturated rings. The Labute approximate surface area is 91.5 Å². The van der Waals surface area contributed by atoms with Gasteiger partial charge >= 0.3 is 16.3 Å². The van der Waals surface area contributed by atoms with Crippen molar-refractivity contribution in [1.82, 2.24) is 4.98 Å². The zero-order valence-electron chi connectivity index (χ0n) is 8.32. The highest BCUT2D eigenvalue weighted by atomic mass is 32.3. The van der Waals surface area contributed by atoms with Gasteiger partial charge in [0.15, 0.2) is 0 Å². The molecule has 1 heterocycles. The summed E-state index contributed by atoms with van der Waals surface area (Å²) in [6, 6.07) is 1.20. The number of nitrogens with two attached hydrogens (primary N) is 2. The van der Waals surface area contributed by atoms with Crippen LogP contribution in [-0.4, -0.2) is 24.6 Å². The smallest absolute Gasteiger partial charge is 0.469 e. The van der Waals surface area contributed by atoms with Gasteiger partial charge in [-0.05, 0) is 11.7 Å². The third kappa shape index (κ3) is 3.10. The van der Waals surface area contributed by atoms with Crippen LogP contribution in [0.4, 0.5) is 11.8 Å². The lowest BCUT2D eigenvalue weighted by Crippen LogP contribution is -2.50. The van der Waals surface area contributed by atoms with Crippen LogP contribution in [0.2, 0.25) is 0 Å². The van der Waals surface area contributed by atoms with Crippen LogP contribution in [0.15, 0.2) is 6.07 Å². The van der Waals surface area contributed by atoms with Crippen molar-refractivity contribution in [2.75, 3.05) is 18.1 Å². The number of hydrogen-bond acceptors (Lipinski definition) is 7. The predicted octanol–water partition coefficient (Wildman–Crippen LogP) is -1.84. The van der Waals surface area contributed by atoms with Gasteiger partial charge in [0.05, 0.1) is 12.7 Å². The van der Waals surface area contributed by atoms with Crippen LogP contribution in [0, 0.1) is 0 Å².